The van der Waals surface area contributed by atoms with Gasteiger partial charge in [0.15, 0.2) is 0 Å². The lowest BCUT2D eigenvalue weighted by molar-refractivity contribution is -0.152. The lowest BCUT2D eigenvalue weighted by atomic mass is 9.94. The quantitative estimate of drug-likeness (QED) is 0.190. The topological polar surface area (TPSA) is 82.0 Å². The van der Waals surface area contributed by atoms with E-state index >= 15 is 0 Å². The molecule has 1 aromatic heterocycles. The molecule has 0 unspecified atom stereocenters. The number of aromatic nitrogens is 1. The molecular weight excluding hydrogens is 494 g/mol. The zero-order chi connectivity index (χ0) is 27.6. The second kappa shape index (κ2) is 13.2. The lowest BCUT2D eigenvalue weighted by Crippen LogP contribution is -2.30. The number of nitrogens with zero attached hydrogens (tertiary/aromatic N) is 2. The Bertz CT molecular complexity index is 1360. The molecule has 0 aliphatic carbocycles. The molecule has 39 heavy (non-hydrogen) atoms. The van der Waals surface area contributed by atoms with Gasteiger partial charge in [0, 0.05) is 19.4 Å². The molecule has 2 amide bonds. The summed E-state index contributed by atoms with van der Waals surface area (Å²) in [6.45, 7) is 6.18. The van der Waals surface area contributed by atoms with E-state index in [9.17, 15) is 9.59 Å². The largest absolute Gasteiger partial charge is 0.492 e. The van der Waals surface area contributed by atoms with Gasteiger partial charge in [0.05, 0.1) is 13.1 Å². The number of ether oxygens (including phenoxy) is 2. The van der Waals surface area contributed by atoms with Crippen LogP contribution >= 0.6 is 0 Å². The molecule has 8 nitrogen and oxygen atoms in total. The van der Waals surface area contributed by atoms with Gasteiger partial charge >= 0.3 is 6.09 Å². The molecule has 3 aromatic carbocycles. The van der Waals surface area contributed by atoms with Crippen LogP contribution in [0.4, 0.5) is 4.79 Å². The second-order valence-electron chi connectivity index (χ2n) is 9.14. The van der Waals surface area contributed by atoms with E-state index in [4.69, 9.17) is 14.3 Å². The van der Waals surface area contributed by atoms with Crippen molar-refractivity contribution in [3.05, 3.63) is 107 Å². The van der Waals surface area contributed by atoms with Crippen LogP contribution in [0, 0.1) is 13.8 Å². The minimum Gasteiger partial charge on any atom is -0.492 e. The number of hydrogen-bond acceptors (Lipinski definition) is 5. The molecule has 0 fully saturated rings. The van der Waals surface area contributed by atoms with Gasteiger partial charge < -0.3 is 24.2 Å². The van der Waals surface area contributed by atoms with Gasteiger partial charge in [-0.05, 0) is 89.7 Å². The summed E-state index contributed by atoms with van der Waals surface area (Å²) in [7, 11) is 1.43. The monoisotopic (exact) mass is 527 g/mol. The molecule has 0 saturated carbocycles. The molecule has 0 aliphatic heterocycles. The minimum absolute atomic E-state index is 0.134. The highest BCUT2D eigenvalue weighted by Crippen LogP contribution is 2.32. The third-order valence-corrected chi connectivity index (χ3v) is 6.20. The first-order valence-electron chi connectivity index (χ1n) is 12.7. The zero-order valence-electron chi connectivity index (χ0n) is 22.4. The first-order valence-corrected chi connectivity index (χ1v) is 12.7. The first-order chi connectivity index (χ1) is 18.9. The van der Waals surface area contributed by atoms with Crippen LogP contribution in [-0.4, -0.2) is 35.8 Å². The molecule has 0 saturated heterocycles. The van der Waals surface area contributed by atoms with E-state index in [1.165, 1.54) is 12.6 Å². The Kier molecular flexibility index (Phi) is 9.24. The van der Waals surface area contributed by atoms with Crippen molar-refractivity contribution in [1.82, 2.24) is 14.9 Å². The summed E-state index contributed by atoms with van der Waals surface area (Å²) in [6, 6.07) is 23.8. The molecule has 1 N–H and O–H groups in total. The van der Waals surface area contributed by atoms with Gasteiger partial charge in [0.2, 0.25) is 6.41 Å². The Morgan fingerprint density at radius 1 is 0.897 bits per heavy atom. The Hall–Kier alpha value is -4.72. The lowest BCUT2D eigenvalue weighted by Gasteiger charge is -2.16. The molecular formula is C31H33N3O5. The maximum absolute atomic E-state index is 11.3. The molecule has 0 bridgehead atoms. The minimum atomic E-state index is -0.706. The van der Waals surface area contributed by atoms with Crippen molar-refractivity contribution < 1.29 is 23.9 Å². The number of rotatable bonds is 12. The molecule has 202 valence electrons. The van der Waals surface area contributed by atoms with Gasteiger partial charge in [-0.2, -0.15) is 5.06 Å². The number of nitrogens with one attached hydrogen (secondary N) is 1. The van der Waals surface area contributed by atoms with Crippen molar-refractivity contribution in [3.63, 3.8) is 0 Å². The normalized spacial score (nSPS) is 10.5. The van der Waals surface area contributed by atoms with E-state index < -0.39 is 6.09 Å². The number of hydroxylamine groups is 2. The Labute approximate surface area is 228 Å². The Morgan fingerprint density at radius 3 is 2.28 bits per heavy atom. The van der Waals surface area contributed by atoms with Crippen LogP contribution in [0.15, 0.2) is 85.2 Å². The van der Waals surface area contributed by atoms with Crippen LogP contribution in [0.25, 0.3) is 11.1 Å². The van der Waals surface area contributed by atoms with Gasteiger partial charge in [-0.25, -0.2) is 4.79 Å². The molecule has 4 aromatic rings. The van der Waals surface area contributed by atoms with Gasteiger partial charge in [0.25, 0.3) is 0 Å². The molecule has 0 radical (unpaired) electrons. The van der Waals surface area contributed by atoms with Crippen molar-refractivity contribution >= 4 is 12.5 Å². The molecule has 0 aliphatic rings. The Morgan fingerprint density at radius 2 is 1.62 bits per heavy atom. The smallest absolute Gasteiger partial charge is 0.431 e. The van der Waals surface area contributed by atoms with Gasteiger partial charge in [-0.15, -0.1) is 0 Å². The number of aryl methyl sites for hydroxylation is 2. The SMILES string of the molecule is CNC(=O)ON(C=O)Cc1ccc(OCc2cccc(-c3c(C)cc(OCCn4cccc4)cc3C)c2)cc1. The summed E-state index contributed by atoms with van der Waals surface area (Å²) in [4.78, 5) is 27.3. The van der Waals surface area contributed by atoms with E-state index in [0.29, 0.717) is 25.4 Å². The van der Waals surface area contributed by atoms with E-state index in [1.54, 1.807) is 0 Å². The fraction of sp³-hybridized carbons (Fsp3) is 0.226. The summed E-state index contributed by atoms with van der Waals surface area (Å²) >= 11 is 0. The highest BCUT2D eigenvalue weighted by atomic mass is 16.7. The van der Waals surface area contributed by atoms with Crippen molar-refractivity contribution in [3.8, 4) is 22.6 Å². The molecule has 4 rings (SSSR count). The summed E-state index contributed by atoms with van der Waals surface area (Å²) in [6.07, 6.45) is 3.82. The van der Waals surface area contributed by atoms with Crippen LogP contribution in [0.3, 0.4) is 0 Å². The summed E-state index contributed by atoms with van der Waals surface area (Å²) in [5.41, 5.74) is 6.48. The fourth-order valence-electron chi connectivity index (χ4n) is 4.35. The highest BCUT2D eigenvalue weighted by Gasteiger charge is 2.11. The maximum Gasteiger partial charge on any atom is 0.431 e. The summed E-state index contributed by atoms with van der Waals surface area (Å²) in [5.74, 6) is 1.57. The maximum atomic E-state index is 11.3. The molecule has 8 heteroatoms. The first kappa shape index (κ1) is 27.3. The van der Waals surface area contributed by atoms with Crippen LogP contribution < -0.4 is 14.8 Å². The number of benzene rings is 3. The van der Waals surface area contributed by atoms with Crippen molar-refractivity contribution in [1.29, 1.82) is 0 Å². The summed E-state index contributed by atoms with van der Waals surface area (Å²) in [5, 5.41) is 3.23. The third-order valence-electron chi connectivity index (χ3n) is 6.20. The Balaban J connectivity index is 1.36. The molecule has 0 spiro atoms. The van der Waals surface area contributed by atoms with Crippen LogP contribution in [-0.2, 0) is 29.3 Å². The van der Waals surface area contributed by atoms with Crippen LogP contribution in [0.5, 0.6) is 11.5 Å². The summed E-state index contributed by atoms with van der Waals surface area (Å²) < 4.78 is 14.1. The number of amides is 2. The zero-order valence-corrected chi connectivity index (χ0v) is 22.4. The number of carbonyl (C=O) groups is 2. The predicted molar refractivity (Wildman–Crippen MR) is 149 cm³/mol. The molecule has 1 heterocycles. The average Bonchev–Trinajstić information content (AvgIpc) is 3.46. The molecule has 0 atom stereocenters. The van der Waals surface area contributed by atoms with E-state index in [2.05, 4.69) is 48.0 Å². The van der Waals surface area contributed by atoms with Crippen molar-refractivity contribution in [2.24, 2.45) is 0 Å². The van der Waals surface area contributed by atoms with Crippen LogP contribution in [0.1, 0.15) is 22.3 Å². The fourth-order valence-corrected chi connectivity index (χ4v) is 4.35. The van der Waals surface area contributed by atoms with Gasteiger partial charge in [-0.3, -0.25) is 4.79 Å². The standard InChI is InChI=1S/C31H33N3O5/c1-23-17-29(37-16-15-33-13-4-5-14-33)18-24(2)30(23)27-8-6-7-26(19-27)21-38-28-11-9-25(10-12-28)20-34(22-35)39-31(36)32-3/h4-14,17-19,22H,15-16,20-21H2,1-3H3,(H,32,36). The number of hydrogen-bond donors (Lipinski definition) is 1. The second-order valence-corrected chi connectivity index (χ2v) is 9.14. The average molecular weight is 528 g/mol. The van der Waals surface area contributed by atoms with Crippen LogP contribution in [0.2, 0.25) is 0 Å². The van der Waals surface area contributed by atoms with Crippen molar-refractivity contribution in [2.75, 3.05) is 13.7 Å². The van der Waals surface area contributed by atoms with Gasteiger partial charge in [-0.1, -0.05) is 30.3 Å². The van der Waals surface area contributed by atoms with E-state index in [1.807, 2.05) is 60.9 Å². The highest BCUT2D eigenvalue weighted by molar-refractivity contribution is 5.72. The van der Waals surface area contributed by atoms with Crippen molar-refractivity contribution in [2.45, 2.75) is 33.5 Å². The number of carbonyl (C=O) groups excluding carboxylic acids is 2. The van der Waals surface area contributed by atoms with E-state index in [0.717, 1.165) is 45.2 Å². The van der Waals surface area contributed by atoms with Gasteiger partial charge in [0.1, 0.15) is 24.7 Å². The predicted octanol–water partition coefficient (Wildman–Crippen LogP) is 5.66. The van der Waals surface area contributed by atoms with E-state index in [-0.39, 0.29) is 6.54 Å². The third kappa shape index (κ3) is 7.64.